The van der Waals surface area contributed by atoms with Gasteiger partial charge in [-0.25, -0.2) is 4.98 Å². The molecule has 2 heterocycles. The predicted molar refractivity (Wildman–Crippen MR) is 92.9 cm³/mol. The first kappa shape index (κ1) is 17.9. The lowest BCUT2D eigenvalue weighted by Crippen LogP contribution is -2.35. The van der Waals surface area contributed by atoms with Crippen molar-refractivity contribution < 1.29 is 24.2 Å². The molecule has 0 aliphatic carbocycles. The Morgan fingerprint density at radius 2 is 2.08 bits per heavy atom. The number of nitrogens with zero attached hydrogens (tertiary/aromatic N) is 2. The second-order valence-corrected chi connectivity index (χ2v) is 6.03. The van der Waals surface area contributed by atoms with Gasteiger partial charge in [0.2, 0.25) is 5.88 Å². The van der Waals surface area contributed by atoms with Crippen LogP contribution < -0.4 is 4.74 Å². The zero-order valence-corrected chi connectivity index (χ0v) is 14.2. The Labute approximate surface area is 151 Å². The van der Waals surface area contributed by atoms with Crippen molar-refractivity contribution in [2.75, 3.05) is 19.8 Å². The van der Waals surface area contributed by atoms with Gasteiger partial charge in [0.15, 0.2) is 0 Å². The molecule has 1 saturated heterocycles. The van der Waals surface area contributed by atoms with Crippen molar-refractivity contribution >= 4 is 11.9 Å². The fourth-order valence-electron chi connectivity index (χ4n) is 2.73. The fraction of sp³-hybridized carbons (Fsp3) is 0.316. The molecule has 0 bridgehead atoms. The molecule has 1 fully saturated rings. The van der Waals surface area contributed by atoms with E-state index in [9.17, 15) is 9.59 Å². The highest BCUT2D eigenvalue weighted by atomic mass is 16.5. The summed E-state index contributed by atoms with van der Waals surface area (Å²) in [6.45, 7) is 0.968. The van der Waals surface area contributed by atoms with Gasteiger partial charge in [-0.05, 0) is 11.6 Å². The van der Waals surface area contributed by atoms with Gasteiger partial charge < -0.3 is 19.5 Å². The average molecular weight is 356 g/mol. The van der Waals surface area contributed by atoms with Crippen LogP contribution in [0.4, 0.5) is 0 Å². The molecule has 1 aromatic carbocycles. The van der Waals surface area contributed by atoms with Gasteiger partial charge in [-0.1, -0.05) is 30.3 Å². The van der Waals surface area contributed by atoms with Gasteiger partial charge in [0.1, 0.15) is 12.6 Å². The van der Waals surface area contributed by atoms with Crippen LogP contribution in [0.25, 0.3) is 0 Å². The summed E-state index contributed by atoms with van der Waals surface area (Å²) >= 11 is 0. The zero-order valence-electron chi connectivity index (χ0n) is 14.2. The highest BCUT2D eigenvalue weighted by Gasteiger charge is 2.21. The van der Waals surface area contributed by atoms with Gasteiger partial charge in [0.05, 0.1) is 13.2 Å². The maximum absolute atomic E-state index is 12.8. The highest BCUT2D eigenvalue weighted by Crippen LogP contribution is 2.17. The number of hydrogen-bond donors (Lipinski definition) is 1. The molecule has 0 spiro atoms. The summed E-state index contributed by atoms with van der Waals surface area (Å²) in [5.74, 6) is -1.12. The molecule has 1 N–H and O–H groups in total. The molecule has 1 amide bonds. The number of aromatic nitrogens is 1. The monoisotopic (exact) mass is 356 g/mol. The van der Waals surface area contributed by atoms with Crippen molar-refractivity contribution in [3.8, 4) is 5.88 Å². The van der Waals surface area contributed by atoms with Crippen LogP contribution in [0.3, 0.4) is 0 Å². The van der Waals surface area contributed by atoms with Crippen molar-refractivity contribution in [2.45, 2.75) is 19.1 Å². The molecular formula is C19H20N2O5. The van der Waals surface area contributed by atoms with Crippen LogP contribution >= 0.6 is 0 Å². The maximum Gasteiger partial charge on any atom is 0.323 e. The summed E-state index contributed by atoms with van der Waals surface area (Å²) in [4.78, 5) is 29.4. The topological polar surface area (TPSA) is 89.0 Å². The Morgan fingerprint density at radius 3 is 2.77 bits per heavy atom. The number of ether oxygens (including phenoxy) is 2. The Morgan fingerprint density at radius 1 is 1.27 bits per heavy atom. The molecule has 1 aliphatic heterocycles. The van der Waals surface area contributed by atoms with Crippen LogP contribution in [-0.2, 0) is 16.1 Å². The predicted octanol–water partition coefficient (Wildman–Crippen LogP) is 1.98. The van der Waals surface area contributed by atoms with Crippen molar-refractivity contribution in [3.05, 3.63) is 59.8 Å². The first-order valence-electron chi connectivity index (χ1n) is 8.37. The van der Waals surface area contributed by atoms with Crippen LogP contribution in [0.2, 0.25) is 0 Å². The van der Waals surface area contributed by atoms with E-state index >= 15 is 0 Å². The van der Waals surface area contributed by atoms with E-state index < -0.39 is 5.97 Å². The lowest BCUT2D eigenvalue weighted by atomic mass is 10.1. The number of carbonyl (C=O) groups excluding carboxylic acids is 1. The van der Waals surface area contributed by atoms with Gasteiger partial charge in [-0.2, -0.15) is 0 Å². The molecule has 0 radical (unpaired) electrons. The third-order valence-electron chi connectivity index (χ3n) is 3.99. The Hall–Kier alpha value is -2.93. The molecule has 0 saturated carbocycles. The number of benzene rings is 1. The second kappa shape index (κ2) is 8.44. The van der Waals surface area contributed by atoms with Crippen molar-refractivity contribution in [2.24, 2.45) is 0 Å². The van der Waals surface area contributed by atoms with E-state index in [2.05, 4.69) is 4.98 Å². The Bertz CT molecular complexity index is 760. The summed E-state index contributed by atoms with van der Waals surface area (Å²) < 4.78 is 11.0. The highest BCUT2D eigenvalue weighted by molar-refractivity contribution is 5.96. The first-order chi connectivity index (χ1) is 12.6. The molecule has 1 aromatic heterocycles. The smallest absolute Gasteiger partial charge is 0.323 e. The SMILES string of the molecule is O=C(O)CN(Cc1ccccc1)C(=O)c1ccnc(OC2CCOC2)c1. The van der Waals surface area contributed by atoms with Crippen LogP contribution in [0, 0.1) is 0 Å². The molecular weight excluding hydrogens is 336 g/mol. The normalized spacial score (nSPS) is 16.2. The molecule has 1 atom stereocenters. The van der Waals surface area contributed by atoms with Crippen LogP contribution in [0.5, 0.6) is 5.88 Å². The number of hydrogen-bond acceptors (Lipinski definition) is 5. The largest absolute Gasteiger partial charge is 0.480 e. The lowest BCUT2D eigenvalue weighted by Gasteiger charge is -2.21. The second-order valence-electron chi connectivity index (χ2n) is 6.03. The number of amides is 1. The summed E-state index contributed by atoms with van der Waals surface area (Å²) in [6, 6.07) is 12.4. The van der Waals surface area contributed by atoms with E-state index in [1.165, 1.54) is 11.1 Å². The van der Waals surface area contributed by atoms with E-state index in [1.807, 2.05) is 30.3 Å². The van der Waals surface area contributed by atoms with Crippen LogP contribution in [-0.4, -0.2) is 52.7 Å². The van der Waals surface area contributed by atoms with Crippen LogP contribution in [0.1, 0.15) is 22.3 Å². The first-order valence-corrected chi connectivity index (χ1v) is 8.37. The molecule has 136 valence electrons. The van der Waals surface area contributed by atoms with Crippen molar-refractivity contribution in [3.63, 3.8) is 0 Å². The molecule has 2 aromatic rings. The number of pyridine rings is 1. The fourth-order valence-corrected chi connectivity index (χ4v) is 2.73. The van der Waals surface area contributed by atoms with Gasteiger partial charge >= 0.3 is 5.97 Å². The Balaban J connectivity index is 1.75. The molecule has 1 unspecified atom stereocenters. The lowest BCUT2D eigenvalue weighted by molar-refractivity contribution is -0.137. The van der Waals surface area contributed by atoms with E-state index in [0.29, 0.717) is 24.7 Å². The molecule has 1 aliphatic rings. The number of carboxylic acid groups (broad SMARTS) is 1. The minimum absolute atomic E-state index is 0.0766. The van der Waals surface area contributed by atoms with E-state index in [-0.39, 0.29) is 25.1 Å². The third kappa shape index (κ3) is 4.80. The molecule has 26 heavy (non-hydrogen) atoms. The number of carboxylic acids is 1. The van der Waals surface area contributed by atoms with Crippen molar-refractivity contribution in [1.82, 2.24) is 9.88 Å². The third-order valence-corrected chi connectivity index (χ3v) is 3.99. The minimum atomic E-state index is -1.07. The minimum Gasteiger partial charge on any atom is -0.480 e. The van der Waals surface area contributed by atoms with Gasteiger partial charge in [0, 0.05) is 30.8 Å². The number of aliphatic carboxylic acids is 1. The van der Waals surface area contributed by atoms with Crippen molar-refractivity contribution in [1.29, 1.82) is 0 Å². The maximum atomic E-state index is 12.8. The number of rotatable bonds is 7. The summed E-state index contributed by atoms with van der Waals surface area (Å²) in [5, 5.41) is 9.16. The molecule has 7 nitrogen and oxygen atoms in total. The van der Waals surface area contributed by atoms with Crippen LogP contribution in [0.15, 0.2) is 48.7 Å². The molecule has 7 heteroatoms. The van der Waals surface area contributed by atoms with Gasteiger partial charge in [0.25, 0.3) is 5.91 Å². The van der Waals surface area contributed by atoms with E-state index in [0.717, 1.165) is 12.0 Å². The summed E-state index contributed by atoms with van der Waals surface area (Å²) in [6.07, 6.45) is 2.19. The Kier molecular flexibility index (Phi) is 5.80. The van der Waals surface area contributed by atoms with Gasteiger partial charge in [-0.15, -0.1) is 0 Å². The summed E-state index contributed by atoms with van der Waals surface area (Å²) in [7, 11) is 0. The standard InChI is InChI=1S/C19H20N2O5/c22-18(23)12-21(11-14-4-2-1-3-5-14)19(24)15-6-8-20-17(10-15)26-16-7-9-25-13-16/h1-6,8,10,16H,7,9,11-13H2,(H,22,23). The molecule has 3 rings (SSSR count). The van der Waals surface area contributed by atoms with E-state index in [1.54, 1.807) is 12.1 Å². The quantitative estimate of drug-likeness (QED) is 0.816. The zero-order chi connectivity index (χ0) is 18.4. The van der Waals surface area contributed by atoms with E-state index in [4.69, 9.17) is 14.6 Å². The number of carbonyl (C=O) groups is 2. The summed E-state index contributed by atoms with van der Waals surface area (Å²) in [5.41, 5.74) is 1.20. The van der Waals surface area contributed by atoms with Gasteiger partial charge in [-0.3, -0.25) is 9.59 Å². The average Bonchev–Trinajstić information content (AvgIpc) is 3.14.